The van der Waals surface area contributed by atoms with Crippen molar-refractivity contribution in [3.05, 3.63) is 10.0 Å². The number of hydrogen-bond acceptors (Lipinski definition) is 0. The van der Waals surface area contributed by atoms with E-state index in [1.165, 1.54) is 0 Å². The molecule has 0 saturated heterocycles. The summed E-state index contributed by atoms with van der Waals surface area (Å²) >= 11 is 14.8. The van der Waals surface area contributed by atoms with Crippen molar-refractivity contribution < 1.29 is 0 Å². The Balaban J connectivity index is 0. The summed E-state index contributed by atoms with van der Waals surface area (Å²) < 4.78 is 0.0895. The van der Waals surface area contributed by atoms with Gasteiger partial charge in [0.2, 0.25) is 0 Å². The molecule has 0 rings (SSSR count). The van der Waals surface area contributed by atoms with Crippen molar-refractivity contribution in [2.75, 3.05) is 0 Å². The Labute approximate surface area is 68.5 Å². The van der Waals surface area contributed by atoms with Gasteiger partial charge in [-0.25, -0.2) is 0 Å². The molecule has 0 amide bonds. The first-order valence-corrected chi connectivity index (χ1v) is 2.08. The topological polar surface area (TPSA) is 0 Å². The molecule has 4 heteroatoms. The summed E-state index contributed by atoms with van der Waals surface area (Å²) in [5, 5.41) is 0. The van der Waals surface area contributed by atoms with E-state index in [0.29, 0.717) is 0 Å². The molecule has 0 saturated carbocycles. The number of rotatable bonds is 0. The Hall–Kier alpha value is 1.34. The zero-order valence-electron chi connectivity index (χ0n) is 2.62. The van der Waals surface area contributed by atoms with E-state index < -0.39 is 0 Å². The van der Waals surface area contributed by atoms with Gasteiger partial charge in [0.1, 0.15) is 4.49 Å². The molecule has 0 aliphatic rings. The lowest BCUT2D eigenvalue weighted by Crippen LogP contribution is -1.33. The molecule has 0 atom stereocenters. The summed E-state index contributed by atoms with van der Waals surface area (Å²) in [6.45, 7) is 0. The van der Waals surface area contributed by atoms with Gasteiger partial charge < -0.3 is 0 Å². The molecule has 0 bridgehead atoms. The Kier molecular flexibility index (Phi) is 10.9. The van der Waals surface area contributed by atoms with Gasteiger partial charge in [-0.05, 0) is 0 Å². The zero-order chi connectivity index (χ0) is 4.28. The quantitative estimate of drug-likeness (QED) is 0.586. The predicted molar refractivity (Wildman–Crippen MR) is 41.1 cm³/mol. The Bertz CT molecular complexity index is 46.8. The fraction of sp³-hybridized carbons (Fsp3) is 0. The van der Waals surface area contributed by atoms with Crippen molar-refractivity contribution in [1.29, 1.82) is 0 Å². The molecular formula is C2H2Cl3I. The third-order valence-corrected chi connectivity index (χ3v) is 0.742. The van der Waals surface area contributed by atoms with Crippen LogP contribution in [0.1, 0.15) is 0 Å². The lowest BCUT2D eigenvalue weighted by molar-refractivity contribution is 2.36. The SMILES string of the molecule is ClC=C(Cl)Cl.I. The second-order valence-corrected chi connectivity index (χ2v) is 1.62. The van der Waals surface area contributed by atoms with Crippen LogP contribution in [-0.4, -0.2) is 0 Å². The van der Waals surface area contributed by atoms with E-state index in [0.717, 1.165) is 5.54 Å². The molecule has 0 heterocycles. The van der Waals surface area contributed by atoms with Crippen LogP contribution in [0.25, 0.3) is 0 Å². The minimum atomic E-state index is 0. The van der Waals surface area contributed by atoms with Crippen molar-refractivity contribution >= 4 is 58.8 Å². The van der Waals surface area contributed by atoms with Crippen LogP contribution in [0.15, 0.2) is 10.0 Å². The van der Waals surface area contributed by atoms with Crippen LogP contribution in [0, 0.1) is 0 Å². The lowest BCUT2D eigenvalue weighted by Gasteiger charge is -1.64. The van der Waals surface area contributed by atoms with Crippen LogP contribution >= 0.6 is 58.8 Å². The standard InChI is InChI=1S/C2HCl3.HI/c3-1-2(4)5;/h1H;1H. The van der Waals surface area contributed by atoms with Crippen LogP contribution in [0.3, 0.4) is 0 Å². The molecule has 0 nitrogen and oxygen atoms in total. The van der Waals surface area contributed by atoms with Gasteiger partial charge in [0, 0.05) is 5.54 Å². The summed E-state index contributed by atoms with van der Waals surface area (Å²) in [5.41, 5.74) is 1.09. The first-order valence-electron chi connectivity index (χ1n) is 0.885. The van der Waals surface area contributed by atoms with Gasteiger partial charge in [0.25, 0.3) is 0 Å². The lowest BCUT2D eigenvalue weighted by atomic mass is 11.2. The second-order valence-electron chi connectivity index (χ2n) is 0.399. The van der Waals surface area contributed by atoms with Gasteiger partial charge in [0.15, 0.2) is 0 Å². The maximum absolute atomic E-state index is 4.96. The summed E-state index contributed by atoms with van der Waals surface area (Å²) in [7, 11) is 0. The van der Waals surface area contributed by atoms with E-state index >= 15 is 0 Å². The van der Waals surface area contributed by atoms with E-state index in [2.05, 4.69) is 0 Å². The van der Waals surface area contributed by atoms with Crippen molar-refractivity contribution in [3.63, 3.8) is 0 Å². The molecule has 0 fully saturated rings. The van der Waals surface area contributed by atoms with Crippen LogP contribution in [0.5, 0.6) is 0 Å². The molecule has 0 radical (unpaired) electrons. The zero-order valence-corrected chi connectivity index (χ0v) is 7.22. The Morgan fingerprint density at radius 3 is 1.50 bits per heavy atom. The normalized spacial score (nSPS) is 5.83. The summed E-state index contributed by atoms with van der Waals surface area (Å²) in [6.07, 6.45) is 0. The van der Waals surface area contributed by atoms with Crippen molar-refractivity contribution in [3.8, 4) is 0 Å². The maximum Gasteiger partial charge on any atom is 0.118 e. The Morgan fingerprint density at radius 2 is 1.50 bits per heavy atom. The van der Waals surface area contributed by atoms with E-state index in [-0.39, 0.29) is 28.5 Å². The highest BCUT2D eigenvalue weighted by atomic mass is 127. The molecule has 0 aliphatic heterocycles. The van der Waals surface area contributed by atoms with E-state index in [1.54, 1.807) is 0 Å². The van der Waals surface area contributed by atoms with Gasteiger partial charge in [-0.15, -0.1) is 24.0 Å². The van der Waals surface area contributed by atoms with Gasteiger partial charge in [-0.2, -0.15) is 0 Å². The third-order valence-electron chi connectivity index (χ3n) is 0.0825. The molecule has 0 N–H and O–H groups in total. The summed E-state index contributed by atoms with van der Waals surface area (Å²) in [4.78, 5) is 0. The van der Waals surface area contributed by atoms with Gasteiger partial charge >= 0.3 is 0 Å². The molecule has 0 aromatic heterocycles. The monoisotopic (exact) mass is 258 g/mol. The van der Waals surface area contributed by atoms with Crippen LogP contribution in [0.2, 0.25) is 0 Å². The van der Waals surface area contributed by atoms with Crippen LogP contribution in [-0.2, 0) is 0 Å². The molecule has 6 heavy (non-hydrogen) atoms. The molecule has 0 aliphatic carbocycles. The highest BCUT2D eigenvalue weighted by molar-refractivity contribution is 14.0. The Morgan fingerprint density at radius 1 is 1.33 bits per heavy atom. The fourth-order valence-electron chi connectivity index (χ4n) is 0. The third kappa shape index (κ3) is 9.02. The van der Waals surface area contributed by atoms with Gasteiger partial charge in [-0.3, -0.25) is 0 Å². The van der Waals surface area contributed by atoms with Crippen LogP contribution in [0.4, 0.5) is 0 Å². The average molecular weight is 259 g/mol. The van der Waals surface area contributed by atoms with Gasteiger partial charge in [0.05, 0.1) is 0 Å². The van der Waals surface area contributed by atoms with Crippen molar-refractivity contribution in [2.24, 2.45) is 0 Å². The minimum absolute atomic E-state index is 0. The van der Waals surface area contributed by atoms with E-state index in [1.807, 2.05) is 0 Å². The second kappa shape index (κ2) is 6.34. The highest BCUT2D eigenvalue weighted by Gasteiger charge is 1.70. The highest BCUT2D eigenvalue weighted by Crippen LogP contribution is 2.05. The largest absolute Gasteiger partial charge is 0.118 e. The minimum Gasteiger partial charge on any atom is -0.107 e. The molecule has 0 spiro atoms. The summed E-state index contributed by atoms with van der Waals surface area (Å²) in [6, 6.07) is 0. The number of hydrogen-bond donors (Lipinski definition) is 0. The first-order chi connectivity index (χ1) is 2.27. The van der Waals surface area contributed by atoms with Crippen molar-refractivity contribution in [1.82, 2.24) is 0 Å². The van der Waals surface area contributed by atoms with E-state index in [9.17, 15) is 0 Å². The summed E-state index contributed by atoms with van der Waals surface area (Å²) in [5.74, 6) is 0. The van der Waals surface area contributed by atoms with Gasteiger partial charge in [-0.1, -0.05) is 34.8 Å². The molecule has 0 aromatic carbocycles. The maximum atomic E-state index is 4.96. The van der Waals surface area contributed by atoms with Crippen molar-refractivity contribution in [2.45, 2.75) is 0 Å². The molecule has 38 valence electrons. The predicted octanol–water partition coefficient (Wildman–Crippen LogP) is 3.12. The molecule has 0 aromatic rings. The fourth-order valence-corrected chi connectivity index (χ4v) is 0. The molecular weight excluding hydrogens is 257 g/mol. The molecule has 0 unspecified atom stereocenters. The first kappa shape index (κ1) is 10.3. The van der Waals surface area contributed by atoms with E-state index in [4.69, 9.17) is 34.8 Å². The number of halogens is 4. The smallest absolute Gasteiger partial charge is 0.107 e. The van der Waals surface area contributed by atoms with Crippen LogP contribution < -0.4 is 0 Å². The average Bonchev–Trinajstić information content (AvgIpc) is 1.38.